The summed E-state index contributed by atoms with van der Waals surface area (Å²) >= 11 is 3.22. The van der Waals surface area contributed by atoms with E-state index in [0.717, 1.165) is 11.6 Å². The van der Waals surface area contributed by atoms with E-state index in [9.17, 15) is 17.6 Å². The lowest BCUT2D eigenvalue weighted by Gasteiger charge is -2.14. The Balaban J connectivity index is 2.17. The van der Waals surface area contributed by atoms with Crippen LogP contribution >= 0.6 is 15.9 Å². The third-order valence-corrected chi connectivity index (χ3v) is 3.78. The predicted octanol–water partition coefficient (Wildman–Crippen LogP) is 5.53. The van der Waals surface area contributed by atoms with Crippen LogP contribution in [0.25, 0.3) is 0 Å². The Bertz CT molecular complexity index is 653. The van der Waals surface area contributed by atoms with Gasteiger partial charge in [0.15, 0.2) is 0 Å². The largest absolute Gasteiger partial charge is 0.416 e. The van der Waals surface area contributed by atoms with Gasteiger partial charge in [0.05, 0.1) is 5.56 Å². The van der Waals surface area contributed by atoms with Crippen molar-refractivity contribution in [1.82, 2.24) is 0 Å². The molecule has 0 amide bonds. The van der Waals surface area contributed by atoms with Crippen molar-refractivity contribution in [2.45, 2.75) is 19.6 Å². The molecule has 2 aromatic rings. The van der Waals surface area contributed by atoms with Gasteiger partial charge in [-0.25, -0.2) is 4.39 Å². The van der Waals surface area contributed by atoms with Crippen LogP contribution in [0.5, 0.6) is 0 Å². The van der Waals surface area contributed by atoms with Gasteiger partial charge in [-0.05, 0) is 42.3 Å². The molecule has 2 aromatic carbocycles. The Labute approximate surface area is 128 Å². The maximum absolute atomic E-state index is 13.0. The molecule has 0 aliphatic rings. The number of alkyl halides is 3. The van der Waals surface area contributed by atoms with E-state index in [1.807, 2.05) is 0 Å². The Kier molecular flexibility index (Phi) is 4.56. The number of anilines is 1. The second-order valence-corrected chi connectivity index (χ2v) is 5.47. The van der Waals surface area contributed by atoms with Gasteiger partial charge in [-0.3, -0.25) is 0 Å². The van der Waals surface area contributed by atoms with Crippen LogP contribution in [0.2, 0.25) is 0 Å². The van der Waals surface area contributed by atoms with E-state index in [1.165, 1.54) is 25.1 Å². The molecule has 0 atom stereocenters. The van der Waals surface area contributed by atoms with E-state index in [2.05, 4.69) is 21.2 Å². The highest BCUT2D eigenvalue weighted by molar-refractivity contribution is 9.10. The molecule has 0 unspecified atom stereocenters. The first-order valence-corrected chi connectivity index (χ1v) is 6.92. The molecule has 0 radical (unpaired) electrons. The summed E-state index contributed by atoms with van der Waals surface area (Å²) in [5.74, 6) is -0.375. The summed E-state index contributed by atoms with van der Waals surface area (Å²) in [6, 6.07) is 8.27. The second kappa shape index (κ2) is 6.05. The minimum absolute atomic E-state index is 0.177. The number of hydrogen-bond acceptors (Lipinski definition) is 1. The van der Waals surface area contributed by atoms with Crippen molar-refractivity contribution >= 4 is 21.6 Å². The normalized spacial score (nSPS) is 11.5. The fraction of sp³-hybridized carbons (Fsp3) is 0.200. The van der Waals surface area contributed by atoms with Gasteiger partial charge >= 0.3 is 6.18 Å². The van der Waals surface area contributed by atoms with Crippen molar-refractivity contribution in [1.29, 1.82) is 0 Å². The molecule has 0 fully saturated rings. The predicted molar refractivity (Wildman–Crippen MR) is 77.6 cm³/mol. The first kappa shape index (κ1) is 15.8. The number of halogens is 5. The van der Waals surface area contributed by atoms with E-state index in [0.29, 0.717) is 16.7 Å². The minimum Gasteiger partial charge on any atom is -0.381 e. The Morgan fingerprint density at radius 2 is 1.81 bits per heavy atom. The molecule has 0 bridgehead atoms. The van der Waals surface area contributed by atoms with Crippen LogP contribution in [0.3, 0.4) is 0 Å². The van der Waals surface area contributed by atoms with Crippen molar-refractivity contribution in [3.05, 3.63) is 63.4 Å². The Morgan fingerprint density at radius 3 is 2.43 bits per heavy atom. The molecular weight excluding hydrogens is 350 g/mol. The molecule has 1 nitrogen and oxygen atoms in total. The third kappa shape index (κ3) is 3.97. The van der Waals surface area contributed by atoms with Gasteiger partial charge < -0.3 is 5.32 Å². The fourth-order valence-electron chi connectivity index (χ4n) is 1.90. The van der Waals surface area contributed by atoms with Gasteiger partial charge in [0.25, 0.3) is 0 Å². The lowest BCUT2D eigenvalue weighted by Crippen LogP contribution is -2.09. The van der Waals surface area contributed by atoms with Gasteiger partial charge in [-0.2, -0.15) is 13.2 Å². The molecular formula is C15H12BrF4N. The van der Waals surface area contributed by atoms with Gasteiger partial charge in [0.1, 0.15) is 5.82 Å². The van der Waals surface area contributed by atoms with E-state index in [-0.39, 0.29) is 11.4 Å². The molecule has 112 valence electrons. The van der Waals surface area contributed by atoms with E-state index >= 15 is 0 Å². The number of hydrogen-bond donors (Lipinski definition) is 1. The fourth-order valence-corrected chi connectivity index (χ4v) is 2.39. The van der Waals surface area contributed by atoms with E-state index < -0.39 is 11.7 Å². The zero-order valence-corrected chi connectivity index (χ0v) is 12.6. The van der Waals surface area contributed by atoms with Crippen LogP contribution < -0.4 is 5.32 Å². The zero-order chi connectivity index (χ0) is 15.6. The molecule has 1 N–H and O–H groups in total. The number of benzene rings is 2. The quantitative estimate of drug-likeness (QED) is 0.709. The van der Waals surface area contributed by atoms with Crippen LogP contribution in [0.4, 0.5) is 23.2 Å². The van der Waals surface area contributed by atoms with Crippen LogP contribution in [0, 0.1) is 12.7 Å². The van der Waals surface area contributed by atoms with Gasteiger partial charge in [0.2, 0.25) is 0 Å². The SMILES string of the molecule is Cc1ccc(NCc2ccc(F)cc2Br)cc1C(F)(F)F. The molecule has 0 aliphatic carbocycles. The van der Waals surface area contributed by atoms with Gasteiger partial charge in [-0.15, -0.1) is 0 Å². The summed E-state index contributed by atoms with van der Waals surface area (Å²) in [7, 11) is 0. The van der Waals surface area contributed by atoms with E-state index in [4.69, 9.17) is 0 Å². The Morgan fingerprint density at radius 1 is 1.10 bits per heavy atom. The Hall–Kier alpha value is -1.56. The van der Waals surface area contributed by atoms with Crippen molar-refractivity contribution < 1.29 is 17.6 Å². The first-order chi connectivity index (χ1) is 9.77. The number of nitrogens with one attached hydrogen (secondary N) is 1. The standard InChI is InChI=1S/C15H12BrF4N/c1-9-2-5-12(7-13(9)15(18,19)20)21-8-10-3-4-11(17)6-14(10)16/h2-7,21H,8H2,1H3. The van der Waals surface area contributed by atoms with Crippen LogP contribution in [-0.2, 0) is 12.7 Å². The topological polar surface area (TPSA) is 12.0 Å². The van der Waals surface area contributed by atoms with Crippen LogP contribution in [0.1, 0.15) is 16.7 Å². The van der Waals surface area contributed by atoms with Gasteiger partial charge in [0, 0.05) is 16.7 Å². The molecule has 0 heterocycles. The minimum atomic E-state index is -4.38. The van der Waals surface area contributed by atoms with Gasteiger partial charge in [-0.1, -0.05) is 28.1 Å². The summed E-state index contributed by atoms with van der Waals surface area (Å²) in [6.07, 6.45) is -4.38. The number of rotatable bonds is 3. The molecule has 0 aliphatic heterocycles. The van der Waals surface area contributed by atoms with Crippen LogP contribution in [0.15, 0.2) is 40.9 Å². The van der Waals surface area contributed by atoms with Crippen molar-refractivity contribution in [3.8, 4) is 0 Å². The van der Waals surface area contributed by atoms with E-state index in [1.54, 1.807) is 12.1 Å². The lowest BCUT2D eigenvalue weighted by molar-refractivity contribution is -0.138. The molecule has 0 saturated carbocycles. The smallest absolute Gasteiger partial charge is 0.381 e. The summed E-state index contributed by atoms with van der Waals surface area (Å²) in [4.78, 5) is 0. The zero-order valence-electron chi connectivity index (χ0n) is 11.1. The summed E-state index contributed by atoms with van der Waals surface area (Å²) < 4.78 is 52.0. The summed E-state index contributed by atoms with van der Waals surface area (Å²) in [5.41, 5.74) is 0.636. The molecule has 0 spiro atoms. The molecule has 0 saturated heterocycles. The lowest BCUT2D eigenvalue weighted by atomic mass is 10.1. The monoisotopic (exact) mass is 361 g/mol. The van der Waals surface area contributed by atoms with Crippen molar-refractivity contribution in [3.63, 3.8) is 0 Å². The summed E-state index contributed by atoms with van der Waals surface area (Å²) in [5, 5.41) is 2.91. The third-order valence-electron chi connectivity index (χ3n) is 3.04. The molecule has 2 rings (SSSR count). The van der Waals surface area contributed by atoms with Crippen molar-refractivity contribution in [2.75, 3.05) is 5.32 Å². The highest BCUT2D eigenvalue weighted by atomic mass is 79.9. The number of aryl methyl sites for hydroxylation is 1. The molecule has 21 heavy (non-hydrogen) atoms. The average molecular weight is 362 g/mol. The maximum atomic E-state index is 13.0. The first-order valence-electron chi connectivity index (χ1n) is 6.13. The highest BCUT2D eigenvalue weighted by Gasteiger charge is 2.32. The van der Waals surface area contributed by atoms with Crippen molar-refractivity contribution in [2.24, 2.45) is 0 Å². The summed E-state index contributed by atoms with van der Waals surface area (Å²) in [6.45, 7) is 1.71. The molecule has 0 aromatic heterocycles. The highest BCUT2D eigenvalue weighted by Crippen LogP contribution is 2.33. The van der Waals surface area contributed by atoms with Crippen LogP contribution in [-0.4, -0.2) is 0 Å². The second-order valence-electron chi connectivity index (χ2n) is 4.62. The maximum Gasteiger partial charge on any atom is 0.416 e. The molecule has 6 heteroatoms. The average Bonchev–Trinajstić information content (AvgIpc) is 2.38.